The van der Waals surface area contributed by atoms with Gasteiger partial charge in [-0.15, -0.1) is 35.5 Å². The van der Waals surface area contributed by atoms with Crippen LogP contribution in [0.3, 0.4) is 0 Å². The molecule has 118 valence electrons. The Morgan fingerprint density at radius 2 is 2.18 bits per heavy atom. The van der Waals surface area contributed by atoms with Crippen molar-refractivity contribution in [2.45, 2.75) is 19.0 Å². The molecule has 2 atom stereocenters. The quantitative estimate of drug-likeness (QED) is 0.885. The Morgan fingerprint density at radius 1 is 1.41 bits per heavy atom. The Morgan fingerprint density at radius 3 is 2.86 bits per heavy atom. The first kappa shape index (κ1) is 17.3. The molecule has 3 rings (SSSR count). The molecule has 7 heteroatoms. The maximum Gasteiger partial charge on any atom is 0.238 e. The monoisotopic (exact) mass is 355 g/mol. The van der Waals surface area contributed by atoms with Crippen LogP contribution in [-0.2, 0) is 4.79 Å². The summed E-state index contributed by atoms with van der Waals surface area (Å²) in [4.78, 5) is 16.7. The summed E-state index contributed by atoms with van der Waals surface area (Å²) in [6.07, 6.45) is 0. The highest BCUT2D eigenvalue weighted by Gasteiger charge is 2.24. The maximum atomic E-state index is 12.1. The molecule has 0 aliphatic carbocycles. The van der Waals surface area contributed by atoms with Gasteiger partial charge in [-0.25, -0.2) is 4.98 Å². The molecule has 0 spiro atoms. The summed E-state index contributed by atoms with van der Waals surface area (Å²) in [6.45, 7) is 1.98. The van der Waals surface area contributed by atoms with E-state index < -0.39 is 0 Å². The SMILES string of the molecule is CC(NC(=O)C1CSCN1)c1nc(-c2ccccc2)cs1.Cl. The Hall–Kier alpha value is -1.08. The predicted octanol–water partition coefficient (Wildman–Crippen LogP) is 3.07. The van der Waals surface area contributed by atoms with Crippen LogP contribution in [0.4, 0.5) is 0 Å². The van der Waals surface area contributed by atoms with Crippen LogP contribution in [0, 0.1) is 0 Å². The van der Waals surface area contributed by atoms with Crippen molar-refractivity contribution in [1.82, 2.24) is 15.6 Å². The summed E-state index contributed by atoms with van der Waals surface area (Å²) < 4.78 is 0. The van der Waals surface area contributed by atoms with E-state index in [1.54, 1.807) is 23.1 Å². The number of carbonyl (C=O) groups is 1. The largest absolute Gasteiger partial charge is 0.346 e. The molecule has 2 heterocycles. The van der Waals surface area contributed by atoms with Crippen molar-refractivity contribution in [3.05, 3.63) is 40.7 Å². The Kier molecular flexibility index (Phi) is 6.26. The van der Waals surface area contributed by atoms with E-state index in [9.17, 15) is 4.79 Å². The highest BCUT2D eigenvalue weighted by molar-refractivity contribution is 7.99. The number of benzene rings is 1. The average Bonchev–Trinajstić information content (AvgIpc) is 3.20. The van der Waals surface area contributed by atoms with Crippen LogP contribution in [0.5, 0.6) is 0 Å². The smallest absolute Gasteiger partial charge is 0.238 e. The van der Waals surface area contributed by atoms with Crippen LogP contribution < -0.4 is 10.6 Å². The fourth-order valence-corrected chi connectivity index (χ4v) is 3.94. The highest BCUT2D eigenvalue weighted by atomic mass is 35.5. The number of nitrogens with one attached hydrogen (secondary N) is 2. The average molecular weight is 356 g/mol. The van der Waals surface area contributed by atoms with Crippen LogP contribution in [0.25, 0.3) is 11.3 Å². The molecule has 4 nitrogen and oxygen atoms in total. The van der Waals surface area contributed by atoms with Crippen LogP contribution in [-0.4, -0.2) is 28.6 Å². The molecule has 0 radical (unpaired) electrons. The summed E-state index contributed by atoms with van der Waals surface area (Å²) in [5.74, 6) is 1.75. The highest BCUT2D eigenvalue weighted by Crippen LogP contribution is 2.25. The number of thiazole rings is 1. The van der Waals surface area contributed by atoms with Gasteiger partial charge in [0.1, 0.15) is 5.01 Å². The van der Waals surface area contributed by atoms with E-state index in [4.69, 9.17) is 0 Å². The number of carbonyl (C=O) groups excluding carboxylic acids is 1. The number of aromatic nitrogens is 1. The zero-order chi connectivity index (χ0) is 14.7. The van der Waals surface area contributed by atoms with Crippen LogP contribution in [0.2, 0.25) is 0 Å². The standard InChI is InChI=1S/C15H17N3OS2.ClH/c1-10(17-14(19)13-7-20-9-16-13)15-18-12(8-21-15)11-5-3-2-4-6-11;/h2-6,8,10,13,16H,7,9H2,1H3,(H,17,19);1H. The van der Waals surface area contributed by atoms with E-state index in [0.717, 1.165) is 27.9 Å². The van der Waals surface area contributed by atoms with E-state index in [1.807, 2.05) is 42.6 Å². The summed E-state index contributed by atoms with van der Waals surface area (Å²) in [5, 5.41) is 9.19. The second-order valence-corrected chi connectivity index (χ2v) is 6.86. The van der Waals surface area contributed by atoms with E-state index >= 15 is 0 Å². The summed E-state index contributed by atoms with van der Waals surface area (Å²) in [6, 6.07) is 9.94. The Balaban J connectivity index is 0.00000176. The number of thioether (sulfide) groups is 1. The van der Waals surface area contributed by atoms with Gasteiger partial charge < -0.3 is 5.32 Å². The first-order valence-electron chi connectivity index (χ1n) is 6.86. The molecule has 1 aromatic carbocycles. The lowest BCUT2D eigenvalue weighted by molar-refractivity contribution is -0.123. The van der Waals surface area contributed by atoms with Crippen LogP contribution in [0.15, 0.2) is 35.7 Å². The third kappa shape index (κ3) is 4.01. The normalized spacial score (nSPS) is 18.5. The van der Waals surface area contributed by atoms with Gasteiger partial charge in [0.05, 0.1) is 17.8 Å². The summed E-state index contributed by atoms with van der Waals surface area (Å²) >= 11 is 3.34. The molecular weight excluding hydrogens is 338 g/mol. The molecule has 1 aromatic heterocycles. The molecule has 0 bridgehead atoms. The van der Waals surface area contributed by atoms with Gasteiger partial charge >= 0.3 is 0 Å². The number of amides is 1. The minimum atomic E-state index is -0.0778. The van der Waals surface area contributed by atoms with Crippen molar-refractivity contribution in [2.75, 3.05) is 11.6 Å². The van der Waals surface area contributed by atoms with Gasteiger partial charge in [0, 0.05) is 22.6 Å². The molecule has 1 aliphatic rings. The van der Waals surface area contributed by atoms with Crippen molar-refractivity contribution in [3.8, 4) is 11.3 Å². The molecule has 1 amide bonds. The van der Waals surface area contributed by atoms with Crippen molar-refractivity contribution in [3.63, 3.8) is 0 Å². The molecule has 22 heavy (non-hydrogen) atoms. The number of nitrogens with zero attached hydrogens (tertiary/aromatic N) is 1. The number of rotatable bonds is 4. The molecule has 2 aromatic rings. The Labute approximate surface area is 144 Å². The number of hydrogen-bond acceptors (Lipinski definition) is 5. The van der Waals surface area contributed by atoms with Crippen LogP contribution in [0.1, 0.15) is 18.0 Å². The lowest BCUT2D eigenvalue weighted by Crippen LogP contribution is -2.42. The van der Waals surface area contributed by atoms with Gasteiger partial charge in [0.2, 0.25) is 5.91 Å². The van der Waals surface area contributed by atoms with E-state index in [0.29, 0.717) is 0 Å². The van der Waals surface area contributed by atoms with Gasteiger partial charge in [-0.3, -0.25) is 10.1 Å². The second kappa shape index (κ2) is 7.97. The van der Waals surface area contributed by atoms with Gasteiger partial charge in [-0.1, -0.05) is 30.3 Å². The summed E-state index contributed by atoms with van der Waals surface area (Å²) in [5.41, 5.74) is 2.07. The molecule has 1 fully saturated rings. The first-order valence-corrected chi connectivity index (χ1v) is 8.90. The molecule has 2 unspecified atom stereocenters. The molecule has 1 saturated heterocycles. The fourth-order valence-electron chi connectivity index (χ4n) is 2.17. The second-order valence-electron chi connectivity index (χ2n) is 4.94. The third-order valence-corrected chi connectivity index (χ3v) is 5.32. The zero-order valence-electron chi connectivity index (χ0n) is 12.1. The molecular formula is C15H18ClN3OS2. The van der Waals surface area contributed by atoms with Gasteiger partial charge in [0.15, 0.2) is 0 Å². The lowest BCUT2D eigenvalue weighted by atomic mass is 10.2. The van der Waals surface area contributed by atoms with E-state index in [-0.39, 0.29) is 30.4 Å². The number of halogens is 1. The van der Waals surface area contributed by atoms with Crippen molar-refractivity contribution in [1.29, 1.82) is 0 Å². The molecule has 2 N–H and O–H groups in total. The van der Waals surface area contributed by atoms with E-state index in [2.05, 4.69) is 15.6 Å². The topological polar surface area (TPSA) is 54.0 Å². The molecule has 0 saturated carbocycles. The maximum absolute atomic E-state index is 12.1. The summed E-state index contributed by atoms with van der Waals surface area (Å²) in [7, 11) is 0. The lowest BCUT2D eigenvalue weighted by Gasteiger charge is -2.14. The first-order chi connectivity index (χ1) is 10.2. The third-order valence-electron chi connectivity index (χ3n) is 3.35. The predicted molar refractivity (Wildman–Crippen MR) is 95.6 cm³/mol. The molecule has 1 aliphatic heterocycles. The zero-order valence-corrected chi connectivity index (χ0v) is 14.6. The van der Waals surface area contributed by atoms with Crippen LogP contribution >= 0.6 is 35.5 Å². The van der Waals surface area contributed by atoms with Crippen molar-refractivity contribution in [2.24, 2.45) is 0 Å². The van der Waals surface area contributed by atoms with Gasteiger partial charge in [-0.05, 0) is 6.92 Å². The fraction of sp³-hybridized carbons (Fsp3) is 0.333. The van der Waals surface area contributed by atoms with Gasteiger partial charge in [0.25, 0.3) is 0 Å². The Bertz CT molecular complexity index is 614. The van der Waals surface area contributed by atoms with E-state index in [1.165, 1.54) is 0 Å². The van der Waals surface area contributed by atoms with Crippen molar-refractivity contribution < 1.29 is 4.79 Å². The minimum Gasteiger partial charge on any atom is -0.346 e. The number of hydrogen-bond donors (Lipinski definition) is 2. The van der Waals surface area contributed by atoms with Crippen molar-refractivity contribution >= 4 is 41.4 Å². The van der Waals surface area contributed by atoms with Gasteiger partial charge in [-0.2, -0.15) is 0 Å². The minimum absolute atomic E-state index is 0.